The minimum absolute atomic E-state index is 0.784. The number of ether oxygens (including phenoxy) is 2. The fourth-order valence-corrected chi connectivity index (χ4v) is 1.96. The molecule has 0 radical (unpaired) electrons. The summed E-state index contributed by atoms with van der Waals surface area (Å²) in [6, 6.07) is 5.96. The van der Waals surface area contributed by atoms with Gasteiger partial charge in [-0.15, -0.1) is 0 Å². The molecule has 0 unspecified atom stereocenters. The van der Waals surface area contributed by atoms with Crippen LogP contribution in [0.5, 0.6) is 11.5 Å². The van der Waals surface area contributed by atoms with E-state index in [0.29, 0.717) is 0 Å². The third-order valence-electron chi connectivity index (χ3n) is 2.93. The number of para-hydroxylation sites is 1. The maximum atomic E-state index is 5.40. The molecule has 108 valence electrons. The van der Waals surface area contributed by atoms with Crippen LogP contribution in [0.25, 0.3) is 0 Å². The van der Waals surface area contributed by atoms with Gasteiger partial charge >= 0.3 is 0 Å². The van der Waals surface area contributed by atoms with Crippen molar-refractivity contribution in [2.45, 2.75) is 26.3 Å². The van der Waals surface area contributed by atoms with Gasteiger partial charge in [-0.25, -0.2) is 0 Å². The molecule has 1 aromatic rings. The quantitative estimate of drug-likeness (QED) is 0.637. The fraction of sp³-hybridized carbons (Fsp3) is 0.600. The molecule has 0 heterocycles. The van der Waals surface area contributed by atoms with Crippen molar-refractivity contribution < 1.29 is 9.47 Å². The Morgan fingerprint density at radius 1 is 1.00 bits per heavy atom. The van der Waals surface area contributed by atoms with E-state index >= 15 is 0 Å². The van der Waals surface area contributed by atoms with Crippen LogP contribution in [-0.4, -0.2) is 33.9 Å². The van der Waals surface area contributed by atoms with Crippen molar-refractivity contribution in [1.82, 2.24) is 10.6 Å². The van der Waals surface area contributed by atoms with Gasteiger partial charge in [-0.1, -0.05) is 19.1 Å². The first-order valence-corrected chi connectivity index (χ1v) is 6.94. The van der Waals surface area contributed by atoms with Gasteiger partial charge in [0, 0.05) is 12.1 Å². The highest BCUT2D eigenvalue weighted by Crippen LogP contribution is 2.30. The lowest BCUT2D eigenvalue weighted by molar-refractivity contribution is 0.350. The Bertz CT molecular complexity index is 356. The maximum absolute atomic E-state index is 5.40. The second kappa shape index (κ2) is 9.64. The molecule has 0 aliphatic rings. The normalized spacial score (nSPS) is 10.5. The van der Waals surface area contributed by atoms with E-state index in [1.807, 2.05) is 12.1 Å². The van der Waals surface area contributed by atoms with Gasteiger partial charge in [0.25, 0.3) is 0 Å². The first-order valence-electron chi connectivity index (χ1n) is 6.94. The van der Waals surface area contributed by atoms with Crippen LogP contribution < -0.4 is 20.1 Å². The van der Waals surface area contributed by atoms with Crippen LogP contribution in [0, 0.1) is 0 Å². The molecule has 1 rings (SSSR count). The Morgan fingerprint density at radius 2 is 1.79 bits per heavy atom. The summed E-state index contributed by atoms with van der Waals surface area (Å²) in [4.78, 5) is 0. The van der Waals surface area contributed by atoms with Gasteiger partial charge in [-0.05, 0) is 38.5 Å². The molecule has 0 saturated heterocycles. The largest absolute Gasteiger partial charge is 0.493 e. The molecule has 0 aromatic heterocycles. The molecule has 0 aliphatic carbocycles. The van der Waals surface area contributed by atoms with E-state index < -0.39 is 0 Å². The molecule has 0 spiro atoms. The SMILES string of the molecule is CCCNCCCNCc1cccc(OC)c1OC. The minimum atomic E-state index is 0.784. The zero-order valence-corrected chi connectivity index (χ0v) is 12.3. The smallest absolute Gasteiger partial charge is 0.165 e. The highest BCUT2D eigenvalue weighted by atomic mass is 16.5. The average molecular weight is 266 g/mol. The Morgan fingerprint density at radius 3 is 2.47 bits per heavy atom. The summed E-state index contributed by atoms with van der Waals surface area (Å²) in [6.45, 7) is 6.14. The van der Waals surface area contributed by atoms with Gasteiger partial charge in [-0.2, -0.15) is 0 Å². The Kier molecular flexibility index (Phi) is 8.02. The van der Waals surface area contributed by atoms with Crippen molar-refractivity contribution in [2.24, 2.45) is 0 Å². The molecule has 0 amide bonds. The van der Waals surface area contributed by atoms with E-state index in [2.05, 4.69) is 23.6 Å². The summed E-state index contributed by atoms with van der Waals surface area (Å²) in [5, 5.41) is 6.82. The van der Waals surface area contributed by atoms with Gasteiger partial charge in [0.05, 0.1) is 14.2 Å². The van der Waals surface area contributed by atoms with Crippen LogP contribution in [0.2, 0.25) is 0 Å². The molecule has 2 N–H and O–H groups in total. The molecule has 0 fully saturated rings. The molecule has 4 heteroatoms. The van der Waals surface area contributed by atoms with Crippen LogP contribution in [0.3, 0.4) is 0 Å². The van der Waals surface area contributed by atoms with Crippen molar-refractivity contribution in [3.05, 3.63) is 23.8 Å². The predicted molar refractivity (Wildman–Crippen MR) is 79.0 cm³/mol. The Balaban J connectivity index is 2.33. The molecule has 0 aliphatic heterocycles. The van der Waals surface area contributed by atoms with Crippen molar-refractivity contribution in [1.29, 1.82) is 0 Å². The van der Waals surface area contributed by atoms with Crippen LogP contribution in [0.15, 0.2) is 18.2 Å². The van der Waals surface area contributed by atoms with Gasteiger partial charge in [-0.3, -0.25) is 0 Å². The topological polar surface area (TPSA) is 42.5 Å². The molecule has 0 bridgehead atoms. The summed E-state index contributed by atoms with van der Waals surface area (Å²) in [5.41, 5.74) is 1.13. The van der Waals surface area contributed by atoms with E-state index in [-0.39, 0.29) is 0 Å². The van der Waals surface area contributed by atoms with E-state index in [9.17, 15) is 0 Å². The van der Waals surface area contributed by atoms with Gasteiger partial charge < -0.3 is 20.1 Å². The van der Waals surface area contributed by atoms with Crippen LogP contribution in [-0.2, 0) is 6.54 Å². The summed E-state index contributed by atoms with van der Waals surface area (Å²) in [6.07, 6.45) is 2.32. The molecule has 0 saturated carbocycles. The van der Waals surface area contributed by atoms with Crippen molar-refractivity contribution in [3.8, 4) is 11.5 Å². The van der Waals surface area contributed by atoms with E-state index in [1.165, 1.54) is 6.42 Å². The van der Waals surface area contributed by atoms with Crippen molar-refractivity contribution in [2.75, 3.05) is 33.9 Å². The second-order valence-electron chi connectivity index (χ2n) is 4.43. The van der Waals surface area contributed by atoms with Gasteiger partial charge in [0.1, 0.15) is 0 Å². The summed E-state index contributed by atoms with van der Waals surface area (Å²) in [7, 11) is 3.34. The standard InChI is InChI=1S/C15H26N2O2/c1-4-9-16-10-6-11-17-12-13-7-5-8-14(18-2)15(13)19-3/h5,7-8,16-17H,4,6,9-12H2,1-3H3. The van der Waals surface area contributed by atoms with Crippen molar-refractivity contribution in [3.63, 3.8) is 0 Å². The Hall–Kier alpha value is -1.26. The second-order valence-corrected chi connectivity index (χ2v) is 4.43. The number of benzene rings is 1. The lowest BCUT2D eigenvalue weighted by Crippen LogP contribution is -2.22. The van der Waals surface area contributed by atoms with Crippen LogP contribution in [0.4, 0.5) is 0 Å². The highest BCUT2D eigenvalue weighted by Gasteiger charge is 2.08. The lowest BCUT2D eigenvalue weighted by Gasteiger charge is -2.13. The predicted octanol–water partition coefficient (Wildman–Crippen LogP) is 2.18. The fourth-order valence-electron chi connectivity index (χ4n) is 1.96. The third kappa shape index (κ3) is 5.49. The van der Waals surface area contributed by atoms with Crippen LogP contribution in [0.1, 0.15) is 25.3 Å². The summed E-state index contributed by atoms with van der Waals surface area (Å²) < 4.78 is 10.7. The van der Waals surface area contributed by atoms with E-state index in [4.69, 9.17) is 9.47 Å². The number of rotatable bonds is 10. The third-order valence-corrected chi connectivity index (χ3v) is 2.93. The molecular weight excluding hydrogens is 240 g/mol. The molecule has 1 aromatic carbocycles. The van der Waals surface area contributed by atoms with E-state index in [0.717, 1.165) is 49.7 Å². The van der Waals surface area contributed by atoms with E-state index in [1.54, 1.807) is 14.2 Å². The summed E-state index contributed by atoms with van der Waals surface area (Å²) in [5.74, 6) is 1.60. The monoisotopic (exact) mass is 266 g/mol. The summed E-state index contributed by atoms with van der Waals surface area (Å²) >= 11 is 0. The average Bonchev–Trinajstić information content (AvgIpc) is 2.45. The lowest BCUT2D eigenvalue weighted by atomic mass is 10.2. The van der Waals surface area contributed by atoms with Gasteiger partial charge in [0.2, 0.25) is 0 Å². The first kappa shape index (κ1) is 15.8. The number of methoxy groups -OCH3 is 2. The number of hydrogen-bond acceptors (Lipinski definition) is 4. The zero-order valence-electron chi connectivity index (χ0n) is 12.3. The molecule has 19 heavy (non-hydrogen) atoms. The molecule has 4 nitrogen and oxygen atoms in total. The Labute approximate surface area is 116 Å². The minimum Gasteiger partial charge on any atom is -0.493 e. The zero-order chi connectivity index (χ0) is 13.9. The van der Waals surface area contributed by atoms with Gasteiger partial charge in [0.15, 0.2) is 11.5 Å². The van der Waals surface area contributed by atoms with Crippen molar-refractivity contribution >= 4 is 0 Å². The maximum Gasteiger partial charge on any atom is 0.165 e. The van der Waals surface area contributed by atoms with Crippen LogP contribution >= 0.6 is 0 Å². The highest BCUT2D eigenvalue weighted by molar-refractivity contribution is 5.46. The first-order chi connectivity index (χ1) is 9.33. The molecular formula is C15H26N2O2. The number of nitrogens with one attached hydrogen (secondary N) is 2. The number of hydrogen-bond donors (Lipinski definition) is 2. The molecule has 0 atom stereocenters.